The maximum Gasteiger partial charge on any atom is 0.337 e. The number of anilines is 2. The van der Waals surface area contributed by atoms with Gasteiger partial charge in [0.25, 0.3) is 0 Å². The largest absolute Gasteiger partial charge is 0.507 e. The van der Waals surface area contributed by atoms with Crippen LogP contribution in [0.15, 0.2) is 119 Å². The van der Waals surface area contributed by atoms with Crippen LogP contribution in [0, 0.1) is 0 Å². The number of phenolic OH excluding ortho intramolecular Hbond substituents is 1. The van der Waals surface area contributed by atoms with Gasteiger partial charge >= 0.3 is 11.9 Å². The summed E-state index contributed by atoms with van der Waals surface area (Å²) in [4.78, 5) is 48.5. The molecule has 0 fully saturated rings. The van der Waals surface area contributed by atoms with Crippen molar-refractivity contribution in [3.63, 3.8) is 0 Å². The fourth-order valence-electron chi connectivity index (χ4n) is 6.81. The Morgan fingerprint density at radius 2 is 1.43 bits per heavy atom. The number of nitrogens with zero attached hydrogens (tertiary/aromatic N) is 2. The molecule has 8 rings (SSSR count). The molecule has 0 spiro atoms. The van der Waals surface area contributed by atoms with Crippen molar-refractivity contribution >= 4 is 67.7 Å². The summed E-state index contributed by atoms with van der Waals surface area (Å²) in [5, 5.41) is 30.5. The molecule has 54 heavy (non-hydrogen) atoms. The molecule has 12 heteroatoms. The van der Waals surface area contributed by atoms with Crippen LogP contribution in [0.25, 0.3) is 55.2 Å². The van der Waals surface area contributed by atoms with Crippen LogP contribution in [0.2, 0.25) is 5.02 Å². The number of methoxy groups -OCH3 is 1. The van der Waals surface area contributed by atoms with Crippen molar-refractivity contribution in [3.05, 3.63) is 147 Å². The Hall–Kier alpha value is -6.98. The minimum atomic E-state index is -1.26. The van der Waals surface area contributed by atoms with Gasteiger partial charge in [-0.3, -0.25) is 14.8 Å². The first kappa shape index (κ1) is 34.1. The molecule has 4 N–H and O–H groups in total. The van der Waals surface area contributed by atoms with Crippen molar-refractivity contribution in [2.24, 2.45) is 0 Å². The molecular formula is C42H29ClN4O7. The zero-order valence-corrected chi connectivity index (χ0v) is 29.3. The van der Waals surface area contributed by atoms with Gasteiger partial charge in [-0.1, -0.05) is 48.0 Å². The average molecular weight is 737 g/mol. The predicted octanol–water partition coefficient (Wildman–Crippen LogP) is 8.73. The van der Waals surface area contributed by atoms with E-state index in [0.29, 0.717) is 39.0 Å². The number of benzene rings is 5. The fraction of sp³-hybridized carbons (Fsp3) is 0.0714. The summed E-state index contributed by atoms with van der Waals surface area (Å²) in [7, 11) is 1.23. The number of phenols is 1. The zero-order valence-electron chi connectivity index (χ0n) is 28.5. The summed E-state index contributed by atoms with van der Waals surface area (Å²) < 4.78 is 11.6. The molecule has 2 aromatic heterocycles. The number of rotatable bonds is 9. The van der Waals surface area contributed by atoms with Crippen molar-refractivity contribution in [2.75, 3.05) is 17.7 Å². The van der Waals surface area contributed by atoms with Crippen molar-refractivity contribution in [3.8, 4) is 28.2 Å². The lowest BCUT2D eigenvalue weighted by Crippen LogP contribution is -2.17. The van der Waals surface area contributed by atoms with Gasteiger partial charge in [-0.2, -0.15) is 0 Å². The van der Waals surface area contributed by atoms with E-state index in [4.69, 9.17) is 20.8 Å². The molecule has 0 atom stereocenters. The molecule has 3 heterocycles. The molecular weight excluding hydrogens is 708 g/mol. The number of halogens is 1. The number of hydrogen-bond donors (Lipinski definition) is 4. The SMILES string of the molecule is COC(=O)c1ccc(C(=O)O)c(-c2c3cc(Cl)c(=O)c(CNc4cccc5cccnc45)c-3oc3c(CNc4cccc5cccnc45)c(O)ccc23)c1. The molecule has 0 unspecified atom stereocenters. The number of pyridine rings is 2. The van der Waals surface area contributed by atoms with Crippen LogP contribution >= 0.6 is 11.6 Å². The molecule has 0 bridgehead atoms. The van der Waals surface area contributed by atoms with Gasteiger partial charge in [-0.25, -0.2) is 9.59 Å². The fourth-order valence-corrected chi connectivity index (χ4v) is 7.04. The summed E-state index contributed by atoms with van der Waals surface area (Å²) in [6.07, 6.45) is 3.36. The topological polar surface area (TPSA) is 164 Å². The van der Waals surface area contributed by atoms with Gasteiger partial charge in [0.2, 0.25) is 5.43 Å². The third-order valence-corrected chi connectivity index (χ3v) is 9.66. The predicted molar refractivity (Wildman–Crippen MR) is 208 cm³/mol. The van der Waals surface area contributed by atoms with Crippen LogP contribution in [0.3, 0.4) is 0 Å². The second kappa shape index (κ2) is 13.9. The molecule has 4 aromatic carbocycles. The van der Waals surface area contributed by atoms with Crippen LogP contribution in [-0.4, -0.2) is 39.2 Å². The highest BCUT2D eigenvalue weighted by molar-refractivity contribution is 6.31. The molecule has 0 saturated heterocycles. The lowest BCUT2D eigenvalue weighted by atomic mass is 9.87. The van der Waals surface area contributed by atoms with Crippen LogP contribution in [0.1, 0.15) is 31.8 Å². The monoisotopic (exact) mass is 736 g/mol. The maximum absolute atomic E-state index is 13.9. The number of carbonyl (C=O) groups excluding carboxylic acids is 1. The number of esters is 1. The molecule has 6 aromatic rings. The van der Waals surface area contributed by atoms with E-state index in [0.717, 1.165) is 16.3 Å². The summed E-state index contributed by atoms with van der Waals surface area (Å²) in [5.41, 5.74) is 3.64. The summed E-state index contributed by atoms with van der Waals surface area (Å²) in [5.74, 6) is -1.95. The van der Waals surface area contributed by atoms with Gasteiger partial charge in [0, 0.05) is 52.8 Å². The minimum absolute atomic E-state index is 0.0500. The van der Waals surface area contributed by atoms with Gasteiger partial charge in [0.15, 0.2) is 0 Å². The van der Waals surface area contributed by atoms with Crippen LogP contribution in [0.5, 0.6) is 5.75 Å². The number of fused-ring (bicyclic) bond motifs is 4. The van der Waals surface area contributed by atoms with Gasteiger partial charge in [-0.15, -0.1) is 0 Å². The Morgan fingerprint density at radius 3 is 2.06 bits per heavy atom. The molecule has 0 amide bonds. The van der Waals surface area contributed by atoms with E-state index in [-0.39, 0.29) is 57.5 Å². The highest BCUT2D eigenvalue weighted by Gasteiger charge is 2.29. The number of carboxylic acid groups (broad SMARTS) is 1. The number of hydrogen-bond acceptors (Lipinski definition) is 10. The number of carboxylic acids is 1. The van der Waals surface area contributed by atoms with Crippen LogP contribution < -0.4 is 16.1 Å². The molecule has 1 aliphatic heterocycles. The number of para-hydroxylation sites is 2. The number of aromatic carboxylic acids is 1. The van der Waals surface area contributed by atoms with Crippen LogP contribution in [-0.2, 0) is 17.8 Å². The number of aromatic nitrogens is 2. The average Bonchev–Trinajstić information content (AvgIpc) is 3.19. The number of nitrogens with one attached hydrogen (secondary N) is 2. The summed E-state index contributed by atoms with van der Waals surface area (Å²) >= 11 is 6.67. The van der Waals surface area contributed by atoms with E-state index in [1.165, 1.54) is 37.4 Å². The Labute approximate surface area is 311 Å². The normalized spacial score (nSPS) is 11.3. The van der Waals surface area contributed by atoms with Gasteiger partial charge in [0.05, 0.1) is 56.8 Å². The zero-order chi connectivity index (χ0) is 37.5. The second-order valence-electron chi connectivity index (χ2n) is 12.5. The van der Waals surface area contributed by atoms with Gasteiger partial charge in [-0.05, 0) is 66.2 Å². The van der Waals surface area contributed by atoms with Crippen molar-refractivity contribution < 1.29 is 29.0 Å². The second-order valence-corrected chi connectivity index (χ2v) is 12.9. The van der Waals surface area contributed by atoms with E-state index >= 15 is 0 Å². The first-order valence-corrected chi connectivity index (χ1v) is 17.1. The Kier molecular flexibility index (Phi) is 8.76. The van der Waals surface area contributed by atoms with E-state index in [1.807, 2.05) is 60.7 Å². The number of carbonyl (C=O) groups is 2. The Morgan fingerprint density at radius 1 is 0.796 bits per heavy atom. The third kappa shape index (κ3) is 5.96. The first-order chi connectivity index (χ1) is 26.2. The number of ether oxygens (including phenoxy) is 1. The Bertz CT molecular complexity index is 2830. The van der Waals surface area contributed by atoms with Gasteiger partial charge < -0.3 is 30.0 Å². The van der Waals surface area contributed by atoms with Gasteiger partial charge in [0.1, 0.15) is 17.1 Å². The summed E-state index contributed by atoms with van der Waals surface area (Å²) in [6.45, 7) is -0.00351. The lowest BCUT2D eigenvalue weighted by molar-refractivity contribution is 0.0598. The quantitative estimate of drug-likeness (QED) is 0.0827. The number of aromatic hydroxyl groups is 1. The van der Waals surface area contributed by atoms with Crippen molar-refractivity contribution in [1.82, 2.24) is 9.97 Å². The van der Waals surface area contributed by atoms with E-state index in [9.17, 15) is 24.6 Å². The van der Waals surface area contributed by atoms with Crippen molar-refractivity contribution in [1.29, 1.82) is 0 Å². The first-order valence-electron chi connectivity index (χ1n) is 16.8. The molecule has 0 radical (unpaired) electrons. The van der Waals surface area contributed by atoms with E-state index < -0.39 is 17.4 Å². The highest BCUT2D eigenvalue weighted by Crippen LogP contribution is 2.46. The molecule has 2 aliphatic rings. The smallest absolute Gasteiger partial charge is 0.337 e. The molecule has 266 valence electrons. The minimum Gasteiger partial charge on any atom is -0.507 e. The molecule has 11 nitrogen and oxygen atoms in total. The lowest BCUT2D eigenvalue weighted by Gasteiger charge is -2.22. The highest BCUT2D eigenvalue weighted by atomic mass is 35.5. The standard InChI is InChI=1S/C42H29ClN4O7/c1-53-42(52)24-12-13-25(41(50)51)27(18-24)35-26-14-15-34(48)29(20-46-32-10-2-6-22-8-4-16-44-36(22)32)39(26)54-40-28(35)19-31(43)38(49)30(40)21-47-33-11-3-7-23-9-5-17-45-37(23)33/h2-19,46-48H,20-21H2,1H3,(H,50,51). The van der Waals surface area contributed by atoms with E-state index in [2.05, 4.69) is 20.6 Å². The molecule has 0 saturated carbocycles. The Balaban J connectivity index is 1.39. The van der Waals surface area contributed by atoms with Crippen molar-refractivity contribution in [2.45, 2.75) is 13.1 Å². The summed E-state index contributed by atoms with van der Waals surface area (Å²) in [6, 6.07) is 27.5. The van der Waals surface area contributed by atoms with E-state index in [1.54, 1.807) is 18.5 Å². The third-order valence-electron chi connectivity index (χ3n) is 9.38. The van der Waals surface area contributed by atoms with Crippen LogP contribution in [0.4, 0.5) is 11.4 Å². The maximum atomic E-state index is 13.9. The molecule has 1 aliphatic carbocycles.